The summed E-state index contributed by atoms with van der Waals surface area (Å²) in [6.07, 6.45) is -5.44. The zero-order valence-corrected chi connectivity index (χ0v) is 8.37. The summed E-state index contributed by atoms with van der Waals surface area (Å²) >= 11 is 0. The van der Waals surface area contributed by atoms with Gasteiger partial charge >= 0.3 is 0 Å². The molecule has 0 aromatic carbocycles. The Balaban J connectivity index is 2.60. The summed E-state index contributed by atoms with van der Waals surface area (Å²) in [6.45, 7) is 3.89. The van der Waals surface area contributed by atoms with Gasteiger partial charge in [0.05, 0.1) is 6.10 Å². The third kappa shape index (κ3) is 2.43. The SMILES string of the molecule is CC(C)CC1O[C@@H](O)C(O)[C@@H](O)[C@@H]1O. The van der Waals surface area contributed by atoms with E-state index >= 15 is 0 Å². The molecule has 0 radical (unpaired) electrons. The molecule has 1 aliphatic heterocycles. The first kappa shape index (κ1) is 11.9. The molecule has 1 aliphatic rings. The van der Waals surface area contributed by atoms with Crippen LogP contribution in [0.5, 0.6) is 0 Å². The van der Waals surface area contributed by atoms with Gasteiger partial charge in [0.1, 0.15) is 18.3 Å². The second-order valence-corrected chi connectivity index (χ2v) is 4.17. The van der Waals surface area contributed by atoms with Crippen LogP contribution in [0.25, 0.3) is 0 Å². The van der Waals surface area contributed by atoms with E-state index in [2.05, 4.69) is 0 Å². The fourth-order valence-corrected chi connectivity index (χ4v) is 1.59. The second-order valence-electron chi connectivity index (χ2n) is 4.17. The predicted octanol–water partition coefficient (Wildman–Crippen LogP) is -1.17. The highest BCUT2D eigenvalue weighted by atomic mass is 16.6. The highest BCUT2D eigenvalue weighted by Gasteiger charge is 2.42. The molecular weight excluding hydrogens is 188 g/mol. The molecule has 1 rings (SSSR count). The molecule has 0 spiro atoms. The minimum atomic E-state index is -1.44. The van der Waals surface area contributed by atoms with Gasteiger partial charge in [-0.05, 0) is 12.3 Å². The zero-order valence-electron chi connectivity index (χ0n) is 8.37. The molecule has 0 amide bonds. The molecule has 4 N–H and O–H groups in total. The highest BCUT2D eigenvalue weighted by molar-refractivity contribution is 4.88. The quantitative estimate of drug-likeness (QED) is 0.457. The van der Waals surface area contributed by atoms with Crippen molar-refractivity contribution in [2.75, 3.05) is 0 Å². The lowest BCUT2D eigenvalue weighted by atomic mass is 9.93. The molecule has 1 heterocycles. The minimum absolute atomic E-state index is 0.282. The number of hydrogen-bond donors (Lipinski definition) is 4. The summed E-state index contributed by atoms with van der Waals surface area (Å²) in [4.78, 5) is 0. The van der Waals surface area contributed by atoms with Crippen LogP contribution in [0.2, 0.25) is 0 Å². The average Bonchev–Trinajstić information content (AvgIpc) is 2.10. The number of aliphatic hydroxyl groups is 4. The molecule has 5 atom stereocenters. The number of rotatable bonds is 2. The summed E-state index contributed by atoms with van der Waals surface area (Å²) in [5.74, 6) is 0.282. The van der Waals surface area contributed by atoms with Gasteiger partial charge in [0, 0.05) is 0 Å². The molecule has 2 unspecified atom stereocenters. The Bertz CT molecular complexity index is 184. The number of aliphatic hydroxyl groups excluding tert-OH is 4. The fourth-order valence-electron chi connectivity index (χ4n) is 1.59. The number of hydrogen-bond acceptors (Lipinski definition) is 5. The van der Waals surface area contributed by atoms with Gasteiger partial charge in [0.25, 0.3) is 0 Å². The summed E-state index contributed by atoms with van der Waals surface area (Å²) in [7, 11) is 0. The summed E-state index contributed by atoms with van der Waals surface area (Å²) in [5.41, 5.74) is 0. The normalized spacial score (nSPS) is 44.4. The van der Waals surface area contributed by atoms with Gasteiger partial charge in [0.15, 0.2) is 6.29 Å². The van der Waals surface area contributed by atoms with Gasteiger partial charge in [0.2, 0.25) is 0 Å². The minimum Gasteiger partial charge on any atom is -0.388 e. The fraction of sp³-hybridized carbons (Fsp3) is 1.00. The average molecular weight is 206 g/mol. The molecule has 0 aromatic heterocycles. The van der Waals surface area contributed by atoms with E-state index in [4.69, 9.17) is 4.74 Å². The van der Waals surface area contributed by atoms with Crippen LogP contribution in [-0.2, 0) is 4.74 Å². The van der Waals surface area contributed by atoms with Crippen LogP contribution in [0.3, 0.4) is 0 Å². The third-order valence-corrected chi connectivity index (χ3v) is 2.39. The maximum atomic E-state index is 9.53. The van der Waals surface area contributed by atoms with Crippen LogP contribution in [0, 0.1) is 5.92 Å². The Hall–Kier alpha value is -0.200. The van der Waals surface area contributed by atoms with Crippen LogP contribution < -0.4 is 0 Å². The van der Waals surface area contributed by atoms with Crippen LogP contribution in [0.1, 0.15) is 20.3 Å². The van der Waals surface area contributed by atoms with E-state index < -0.39 is 30.7 Å². The van der Waals surface area contributed by atoms with Crippen molar-refractivity contribution in [3.05, 3.63) is 0 Å². The Morgan fingerprint density at radius 2 is 1.57 bits per heavy atom. The lowest BCUT2D eigenvalue weighted by Gasteiger charge is -2.38. The molecule has 5 nitrogen and oxygen atoms in total. The Kier molecular flexibility index (Phi) is 3.86. The molecular formula is C9H18O5. The standard InChI is InChI=1S/C9H18O5/c1-4(2)3-5-6(10)7(11)8(12)9(13)14-5/h4-13H,3H2,1-2H3/t5?,6-,7+,8?,9-/m1/s1. The van der Waals surface area contributed by atoms with Crippen LogP contribution >= 0.6 is 0 Å². The molecule has 14 heavy (non-hydrogen) atoms. The van der Waals surface area contributed by atoms with E-state index in [0.717, 1.165) is 0 Å². The van der Waals surface area contributed by atoms with Gasteiger partial charge < -0.3 is 25.2 Å². The maximum absolute atomic E-state index is 9.53. The van der Waals surface area contributed by atoms with Crippen molar-refractivity contribution in [2.24, 2.45) is 5.92 Å². The first-order valence-corrected chi connectivity index (χ1v) is 4.81. The largest absolute Gasteiger partial charge is 0.388 e. The van der Waals surface area contributed by atoms with Crippen molar-refractivity contribution >= 4 is 0 Å². The van der Waals surface area contributed by atoms with E-state index in [0.29, 0.717) is 6.42 Å². The molecule has 84 valence electrons. The zero-order chi connectivity index (χ0) is 10.9. The van der Waals surface area contributed by atoms with E-state index in [1.165, 1.54) is 0 Å². The first-order chi connectivity index (χ1) is 6.43. The lowest BCUT2D eigenvalue weighted by Crippen LogP contribution is -2.57. The van der Waals surface area contributed by atoms with Crippen LogP contribution in [0.4, 0.5) is 0 Å². The van der Waals surface area contributed by atoms with Gasteiger partial charge in [-0.15, -0.1) is 0 Å². The van der Waals surface area contributed by atoms with Gasteiger partial charge in [-0.1, -0.05) is 13.8 Å². The smallest absolute Gasteiger partial charge is 0.183 e. The molecule has 1 saturated heterocycles. The predicted molar refractivity (Wildman–Crippen MR) is 48.4 cm³/mol. The summed E-state index contributed by atoms with van der Waals surface area (Å²) in [6, 6.07) is 0. The molecule has 0 aliphatic carbocycles. The first-order valence-electron chi connectivity index (χ1n) is 4.81. The summed E-state index contributed by atoms with van der Waals surface area (Å²) < 4.78 is 4.99. The van der Waals surface area contributed by atoms with Crippen molar-refractivity contribution in [3.63, 3.8) is 0 Å². The Morgan fingerprint density at radius 3 is 2.07 bits per heavy atom. The van der Waals surface area contributed by atoms with Crippen molar-refractivity contribution in [3.8, 4) is 0 Å². The van der Waals surface area contributed by atoms with Crippen molar-refractivity contribution in [1.29, 1.82) is 0 Å². The monoisotopic (exact) mass is 206 g/mol. The van der Waals surface area contributed by atoms with E-state index in [-0.39, 0.29) is 5.92 Å². The van der Waals surface area contributed by atoms with E-state index in [1.807, 2.05) is 13.8 Å². The second kappa shape index (κ2) is 4.55. The van der Waals surface area contributed by atoms with Gasteiger partial charge in [-0.3, -0.25) is 0 Å². The summed E-state index contributed by atoms with van der Waals surface area (Å²) in [5, 5.41) is 37.3. The van der Waals surface area contributed by atoms with E-state index in [9.17, 15) is 20.4 Å². The molecule has 0 saturated carbocycles. The highest BCUT2D eigenvalue weighted by Crippen LogP contribution is 2.24. The van der Waals surface area contributed by atoms with Crippen molar-refractivity contribution in [2.45, 2.75) is 51.0 Å². The topological polar surface area (TPSA) is 90.2 Å². The maximum Gasteiger partial charge on any atom is 0.183 e. The van der Waals surface area contributed by atoms with Crippen molar-refractivity contribution < 1.29 is 25.2 Å². The molecule has 5 heteroatoms. The number of ether oxygens (including phenoxy) is 1. The van der Waals surface area contributed by atoms with E-state index in [1.54, 1.807) is 0 Å². The Labute approximate surface area is 82.9 Å². The van der Waals surface area contributed by atoms with Gasteiger partial charge in [-0.2, -0.15) is 0 Å². The molecule has 0 aromatic rings. The molecule has 0 bridgehead atoms. The van der Waals surface area contributed by atoms with Crippen molar-refractivity contribution in [1.82, 2.24) is 0 Å². The lowest BCUT2D eigenvalue weighted by molar-refractivity contribution is -0.283. The van der Waals surface area contributed by atoms with Gasteiger partial charge in [-0.25, -0.2) is 0 Å². The van der Waals surface area contributed by atoms with Crippen LogP contribution in [0.15, 0.2) is 0 Å². The third-order valence-electron chi connectivity index (χ3n) is 2.39. The Morgan fingerprint density at radius 1 is 1.00 bits per heavy atom. The van der Waals surface area contributed by atoms with Crippen LogP contribution in [-0.4, -0.2) is 51.1 Å². The molecule has 1 fully saturated rings.